The molecule has 3 heterocycles. The lowest BCUT2D eigenvalue weighted by molar-refractivity contribution is -0.121. The molecule has 0 unspecified atom stereocenters. The SMILES string of the molecule is C[C@H]1C[C@@]12C(=O)N(C)c1cnc(-n3cnc(-c4ccccc4)c3)nc1N2C1CCCC1. The first-order valence-electron chi connectivity index (χ1n) is 11.1. The fourth-order valence-corrected chi connectivity index (χ4v) is 5.48. The Morgan fingerprint density at radius 1 is 1.10 bits per heavy atom. The molecule has 6 rings (SSSR count). The van der Waals surface area contributed by atoms with Gasteiger partial charge in [-0.05, 0) is 25.2 Å². The van der Waals surface area contributed by atoms with Crippen molar-refractivity contribution in [2.45, 2.75) is 50.6 Å². The van der Waals surface area contributed by atoms with Crippen molar-refractivity contribution in [2.24, 2.45) is 5.92 Å². The van der Waals surface area contributed by atoms with Gasteiger partial charge in [0.25, 0.3) is 5.91 Å². The number of aromatic nitrogens is 4. The highest BCUT2D eigenvalue weighted by atomic mass is 16.2. The van der Waals surface area contributed by atoms with Gasteiger partial charge in [0.1, 0.15) is 17.6 Å². The number of carbonyl (C=O) groups is 1. The lowest BCUT2D eigenvalue weighted by Gasteiger charge is -2.45. The van der Waals surface area contributed by atoms with Gasteiger partial charge in [0.05, 0.1) is 11.9 Å². The van der Waals surface area contributed by atoms with E-state index in [-0.39, 0.29) is 5.91 Å². The zero-order chi connectivity index (χ0) is 21.2. The smallest absolute Gasteiger partial charge is 0.253 e. The average Bonchev–Trinajstić information content (AvgIpc) is 3.21. The van der Waals surface area contributed by atoms with Crippen LogP contribution >= 0.6 is 0 Å². The summed E-state index contributed by atoms with van der Waals surface area (Å²) in [6.07, 6.45) is 11.1. The van der Waals surface area contributed by atoms with Crippen molar-refractivity contribution in [3.05, 3.63) is 49.1 Å². The largest absolute Gasteiger partial charge is 0.337 e. The Bertz CT molecular complexity index is 1150. The van der Waals surface area contributed by atoms with Crippen molar-refractivity contribution >= 4 is 17.4 Å². The molecule has 1 amide bonds. The molecule has 0 N–H and O–H groups in total. The van der Waals surface area contributed by atoms with Crippen molar-refractivity contribution < 1.29 is 4.79 Å². The number of imidazole rings is 1. The summed E-state index contributed by atoms with van der Waals surface area (Å²) in [5, 5.41) is 0. The van der Waals surface area contributed by atoms with Crippen LogP contribution in [0.15, 0.2) is 49.1 Å². The van der Waals surface area contributed by atoms with Gasteiger partial charge in [0, 0.05) is 24.8 Å². The first-order valence-corrected chi connectivity index (χ1v) is 11.1. The Balaban J connectivity index is 1.45. The van der Waals surface area contributed by atoms with Crippen LogP contribution < -0.4 is 9.80 Å². The van der Waals surface area contributed by atoms with E-state index in [2.05, 4.69) is 21.8 Å². The van der Waals surface area contributed by atoms with Gasteiger partial charge in [0.2, 0.25) is 5.95 Å². The maximum Gasteiger partial charge on any atom is 0.253 e. The van der Waals surface area contributed by atoms with Crippen LogP contribution in [0.4, 0.5) is 11.5 Å². The summed E-state index contributed by atoms with van der Waals surface area (Å²) in [6.45, 7) is 2.18. The second-order valence-electron chi connectivity index (χ2n) is 9.11. The zero-order valence-electron chi connectivity index (χ0n) is 17.9. The third-order valence-corrected chi connectivity index (χ3v) is 7.28. The number of rotatable bonds is 3. The first kappa shape index (κ1) is 18.5. The summed E-state index contributed by atoms with van der Waals surface area (Å²) < 4.78 is 1.87. The molecular weight excluding hydrogens is 388 g/mol. The Labute approximate surface area is 181 Å². The fourth-order valence-electron chi connectivity index (χ4n) is 5.48. The molecule has 7 nitrogen and oxygen atoms in total. The maximum absolute atomic E-state index is 13.4. The van der Waals surface area contributed by atoms with E-state index in [4.69, 9.17) is 4.98 Å². The second kappa shape index (κ2) is 6.64. The summed E-state index contributed by atoms with van der Waals surface area (Å²) in [7, 11) is 1.85. The highest BCUT2D eigenvalue weighted by Gasteiger charge is 2.66. The zero-order valence-corrected chi connectivity index (χ0v) is 17.9. The number of fused-ring (bicyclic) bond motifs is 1. The van der Waals surface area contributed by atoms with Crippen LogP contribution in [-0.2, 0) is 4.79 Å². The predicted molar refractivity (Wildman–Crippen MR) is 119 cm³/mol. The highest BCUT2D eigenvalue weighted by Crippen LogP contribution is 2.57. The minimum atomic E-state index is -0.438. The van der Waals surface area contributed by atoms with Crippen LogP contribution in [0.3, 0.4) is 0 Å². The number of hydrogen-bond donors (Lipinski definition) is 0. The van der Waals surface area contributed by atoms with Crippen molar-refractivity contribution in [1.82, 2.24) is 19.5 Å². The quantitative estimate of drug-likeness (QED) is 0.652. The van der Waals surface area contributed by atoms with Gasteiger partial charge in [-0.25, -0.2) is 9.97 Å². The van der Waals surface area contributed by atoms with E-state index in [1.54, 1.807) is 17.4 Å². The van der Waals surface area contributed by atoms with Gasteiger partial charge in [0.15, 0.2) is 5.82 Å². The van der Waals surface area contributed by atoms with Gasteiger partial charge >= 0.3 is 0 Å². The molecule has 1 aromatic carbocycles. The van der Waals surface area contributed by atoms with Gasteiger partial charge in [-0.1, -0.05) is 50.1 Å². The Kier molecular flexibility index (Phi) is 3.97. The van der Waals surface area contributed by atoms with Gasteiger partial charge in [-0.2, -0.15) is 4.98 Å². The molecule has 2 atom stereocenters. The molecule has 1 spiro atoms. The highest BCUT2D eigenvalue weighted by molar-refractivity contribution is 6.09. The number of carbonyl (C=O) groups excluding carboxylic acids is 1. The van der Waals surface area contributed by atoms with Crippen molar-refractivity contribution in [3.63, 3.8) is 0 Å². The summed E-state index contributed by atoms with van der Waals surface area (Å²) in [4.78, 5) is 31.7. The van der Waals surface area contributed by atoms with Crippen LogP contribution in [0.5, 0.6) is 0 Å². The number of anilines is 2. The number of amides is 1. The lowest BCUT2D eigenvalue weighted by atomic mass is 10.0. The van der Waals surface area contributed by atoms with Crippen LogP contribution in [0.1, 0.15) is 39.0 Å². The Hall–Kier alpha value is -3.22. The molecule has 31 heavy (non-hydrogen) atoms. The Morgan fingerprint density at radius 2 is 1.84 bits per heavy atom. The van der Waals surface area contributed by atoms with E-state index in [0.717, 1.165) is 42.0 Å². The van der Waals surface area contributed by atoms with Crippen LogP contribution in [0.25, 0.3) is 17.2 Å². The average molecular weight is 415 g/mol. The Morgan fingerprint density at radius 3 is 2.55 bits per heavy atom. The number of nitrogens with zero attached hydrogens (tertiary/aromatic N) is 6. The van der Waals surface area contributed by atoms with Crippen LogP contribution in [-0.4, -0.2) is 44.1 Å². The molecule has 0 bridgehead atoms. The normalized spacial score (nSPS) is 25.4. The second-order valence-corrected chi connectivity index (χ2v) is 9.11. The summed E-state index contributed by atoms with van der Waals surface area (Å²) in [6, 6.07) is 10.5. The molecule has 2 fully saturated rings. The third-order valence-electron chi connectivity index (χ3n) is 7.28. The summed E-state index contributed by atoms with van der Waals surface area (Å²) in [5.41, 5.74) is 2.30. The number of hydrogen-bond acceptors (Lipinski definition) is 5. The van der Waals surface area contributed by atoms with Crippen LogP contribution in [0.2, 0.25) is 0 Å². The van der Waals surface area contributed by atoms with Gasteiger partial charge in [-0.3, -0.25) is 9.36 Å². The fraction of sp³-hybridized carbons (Fsp3) is 0.417. The first-order chi connectivity index (χ1) is 15.1. The predicted octanol–water partition coefficient (Wildman–Crippen LogP) is 3.83. The molecule has 2 aromatic heterocycles. The third kappa shape index (κ3) is 2.65. The van der Waals surface area contributed by atoms with Crippen molar-refractivity contribution in [2.75, 3.05) is 16.8 Å². The van der Waals surface area contributed by atoms with E-state index in [1.807, 2.05) is 48.1 Å². The summed E-state index contributed by atoms with van der Waals surface area (Å²) >= 11 is 0. The standard InChI is InChI=1S/C24H26N6O/c1-16-12-24(16)22(31)28(2)20-13-25-23(27-21(20)30(24)18-10-6-7-11-18)29-14-19(26-15-29)17-8-4-3-5-9-17/h3-5,8-9,13-16,18H,6-7,10-12H2,1-2H3/t16-,24-/m0/s1. The van der Waals surface area contributed by atoms with E-state index >= 15 is 0 Å². The molecule has 2 saturated carbocycles. The van der Waals surface area contributed by atoms with E-state index in [9.17, 15) is 4.79 Å². The van der Waals surface area contributed by atoms with Crippen molar-refractivity contribution in [1.29, 1.82) is 0 Å². The number of likely N-dealkylation sites (N-methyl/N-ethyl adjacent to an activating group) is 1. The van der Waals surface area contributed by atoms with Crippen molar-refractivity contribution in [3.8, 4) is 17.2 Å². The summed E-state index contributed by atoms with van der Waals surface area (Å²) in [5.74, 6) is 2.00. The molecule has 3 aliphatic rings. The molecule has 0 radical (unpaired) electrons. The molecule has 1 aliphatic heterocycles. The minimum Gasteiger partial charge on any atom is -0.337 e. The van der Waals surface area contributed by atoms with Gasteiger partial charge < -0.3 is 9.80 Å². The van der Waals surface area contributed by atoms with E-state index in [0.29, 0.717) is 17.9 Å². The van der Waals surface area contributed by atoms with Gasteiger partial charge in [-0.15, -0.1) is 0 Å². The topological polar surface area (TPSA) is 67.2 Å². The molecule has 158 valence electrons. The lowest BCUT2D eigenvalue weighted by Crippen LogP contribution is -2.59. The maximum atomic E-state index is 13.4. The minimum absolute atomic E-state index is 0.185. The van der Waals surface area contributed by atoms with E-state index < -0.39 is 5.54 Å². The number of benzene rings is 1. The molecule has 2 aliphatic carbocycles. The monoisotopic (exact) mass is 414 g/mol. The molecular formula is C24H26N6O. The van der Waals surface area contributed by atoms with E-state index in [1.165, 1.54) is 12.8 Å². The van der Waals surface area contributed by atoms with Crippen LogP contribution in [0, 0.1) is 5.92 Å². The molecule has 3 aromatic rings. The molecule has 0 saturated heterocycles. The molecule has 7 heteroatoms.